The van der Waals surface area contributed by atoms with Gasteiger partial charge in [-0.1, -0.05) is 27.7 Å². The smallest absolute Gasteiger partial charge is 0.343 e. The van der Waals surface area contributed by atoms with Gasteiger partial charge in [0.15, 0.2) is 16.9 Å². The van der Waals surface area contributed by atoms with E-state index in [4.69, 9.17) is 18.9 Å². The zero-order valence-corrected chi connectivity index (χ0v) is 20.7. The molecule has 7 heteroatoms. The number of nitrogens with zero attached hydrogens (tertiary/aromatic N) is 1. The third-order valence-electron chi connectivity index (χ3n) is 6.27. The van der Waals surface area contributed by atoms with Crippen LogP contribution in [-0.2, 0) is 14.9 Å². The number of carbonyl (C=O) groups excluding carboxylic acids is 1. The second kappa shape index (κ2) is 10.00. The monoisotopic (exact) mass is 457 g/mol. The summed E-state index contributed by atoms with van der Waals surface area (Å²) in [5.74, 6) is 0.902. The Morgan fingerprint density at radius 1 is 1.12 bits per heavy atom. The van der Waals surface area contributed by atoms with Crippen molar-refractivity contribution in [2.45, 2.75) is 52.5 Å². The molecule has 33 heavy (non-hydrogen) atoms. The minimum atomic E-state index is -0.596. The van der Waals surface area contributed by atoms with E-state index >= 15 is 0 Å². The first-order chi connectivity index (χ1) is 15.7. The molecule has 2 heterocycles. The van der Waals surface area contributed by atoms with Gasteiger partial charge in [0.1, 0.15) is 5.56 Å². The quantitative estimate of drug-likeness (QED) is 0.405. The van der Waals surface area contributed by atoms with Crippen LogP contribution in [0.3, 0.4) is 0 Å². The van der Waals surface area contributed by atoms with E-state index < -0.39 is 5.97 Å². The maximum atomic E-state index is 12.9. The first kappa shape index (κ1) is 24.8. The number of aromatic nitrogens is 1. The Balaban J connectivity index is 2.22. The third kappa shape index (κ3) is 4.64. The van der Waals surface area contributed by atoms with Crippen molar-refractivity contribution in [3.05, 3.63) is 45.7 Å². The lowest BCUT2D eigenvalue weighted by Gasteiger charge is -2.45. The van der Waals surface area contributed by atoms with Gasteiger partial charge in [0, 0.05) is 49.4 Å². The average molecular weight is 458 g/mol. The minimum Gasteiger partial charge on any atom is -0.493 e. The van der Waals surface area contributed by atoms with Crippen LogP contribution in [0.15, 0.2) is 29.2 Å². The van der Waals surface area contributed by atoms with Gasteiger partial charge in [-0.15, -0.1) is 0 Å². The van der Waals surface area contributed by atoms with Crippen LogP contribution in [-0.4, -0.2) is 44.6 Å². The zero-order chi connectivity index (χ0) is 24.3. The first-order valence-electron chi connectivity index (χ1n) is 11.4. The van der Waals surface area contributed by atoms with E-state index in [2.05, 4.69) is 32.3 Å². The Kier molecular flexibility index (Phi) is 7.52. The number of hydrogen-bond donors (Lipinski definition) is 0. The van der Waals surface area contributed by atoms with Crippen LogP contribution in [0.1, 0.15) is 63.0 Å². The maximum absolute atomic E-state index is 12.9. The second-order valence-electron chi connectivity index (χ2n) is 9.22. The fraction of sp³-hybridized carbons (Fsp3) is 0.538. The van der Waals surface area contributed by atoms with Crippen LogP contribution in [0.2, 0.25) is 0 Å². The molecule has 1 aliphatic rings. The number of hydrogen-bond acceptors (Lipinski definition) is 6. The molecule has 0 fully saturated rings. The molecule has 0 N–H and O–H groups in total. The summed E-state index contributed by atoms with van der Waals surface area (Å²) in [6.45, 7) is 11.7. The Hall–Kier alpha value is -2.80. The molecular formula is C26H35NO6. The highest BCUT2D eigenvalue weighted by molar-refractivity contribution is 5.89. The summed E-state index contributed by atoms with van der Waals surface area (Å²) in [6.07, 6.45) is 2.43. The maximum Gasteiger partial charge on any atom is 0.343 e. The van der Waals surface area contributed by atoms with Crippen molar-refractivity contribution in [2.75, 3.05) is 34.0 Å². The van der Waals surface area contributed by atoms with Crippen LogP contribution in [0, 0.1) is 5.92 Å². The molecule has 0 saturated heterocycles. The van der Waals surface area contributed by atoms with E-state index in [0.29, 0.717) is 24.7 Å². The number of carbonyl (C=O) groups is 1. The number of esters is 1. The molecule has 3 rings (SSSR count). The number of pyridine rings is 1. The number of rotatable bonds is 9. The fourth-order valence-electron chi connectivity index (χ4n) is 4.98. The van der Waals surface area contributed by atoms with Gasteiger partial charge in [-0.3, -0.25) is 4.79 Å². The number of ether oxygens (including phenoxy) is 4. The zero-order valence-electron chi connectivity index (χ0n) is 20.7. The summed E-state index contributed by atoms with van der Waals surface area (Å²) in [6, 6.07) is 5.50. The Bertz CT molecular complexity index is 1070. The van der Waals surface area contributed by atoms with Crippen molar-refractivity contribution in [2.24, 2.45) is 5.92 Å². The highest BCUT2D eigenvalue weighted by Crippen LogP contribution is 2.51. The summed E-state index contributed by atoms with van der Waals surface area (Å²) >= 11 is 0. The first-order valence-corrected chi connectivity index (χ1v) is 11.4. The molecule has 180 valence electrons. The largest absolute Gasteiger partial charge is 0.493 e. The van der Waals surface area contributed by atoms with Crippen molar-refractivity contribution < 1.29 is 23.7 Å². The van der Waals surface area contributed by atoms with Gasteiger partial charge in [-0.25, -0.2) is 4.79 Å². The van der Waals surface area contributed by atoms with Crippen molar-refractivity contribution in [3.63, 3.8) is 0 Å². The molecule has 2 aromatic rings. The Morgan fingerprint density at radius 3 is 2.45 bits per heavy atom. The van der Waals surface area contributed by atoms with Gasteiger partial charge in [-0.05, 0) is 30.5 Å². The van der Waals surface area contributed by atoms with Crippen LogP contribution >= 0.6 is 0 Å². The van der Waals surface area contributed by atoms with Crippen LogP contribution in [0.5, 0.6) is 11.5 Å². The summed E-state index contributed by atoms with van der Waals surface area (Å²) in [5, 5.41) is 0. The molecule has 0 bridgehead atoms. The molecular weight excluding hydrogens is 422 g/mol. The molecule has 1 aromatic heterocycles. The van der Waals surface area contributed by atoms with Gasteiger partial charge in [0.25, 0.3) is 0 Å². The van der Waals surface area contributed by atoms with Crippen molar-refractivity contribution in [1.82, 2.24) is 4.57 Å². The normalized spacial score (nSPS) is 16.2. The van der Waals surface area contributed by atoms with E-state index in [1.165, 1.54) is 6.07 Å². The number of benzene rings is 1. The molecule has 7 nitrogen and oxygen atoms in total. The number of methoxy groups -OCH3 is 2. The molecule has 1 unspecified atom stereocenters. The molecule has 0 aliphatic carbocycles. The molecule has 0 saturated carbocycles. The van der Waals surface area contributed by atoms with E-state index in [9.17, 15) is 9.59 Å². The number of fused-ring (bicyclic) bond motifs is 3. The van der Waals surface area contributed by atoms with Gasteiger partial charge >= 0.3 is 5.97 Å². The summed E-state index contributed by atoms with van der Waals surface area (Å²) < 4.78 is 24.0. The van der Waals surface area contributed by atoms with Crippen LogP contribution in [0.4, 0.5) is 0 Å². The van der Waals surface area contributed by atoms with E-state index in [0.717, 1.165) is 23.2 Å². The molecule has 0 spiro atoms. The van der Waals surface area contributed by atoms with Crippen molar-refractivity contribution >= 4 is 5.97 Å². The molecule has 1 atom stereocenters. The lowest BCUT2D eigenvalue weighted by Crippen LogP contribution is -2.40. The lowest BCUT2D eigenvalue weighted by atomic mass is 9.68. The molecule has 1 aromatic carbocycles. The highest BCUT2D eigenvalue weighted by atomic mass is 16.5. The highest BCUT2D eigenvalue weighted by Gasteiger charge is 2.42. The van der Waals surface area contributed by atoms with Gasteiger partial charge < -0.3 is 23.5 Å². The molecule has 0 radical (unpaired) electrons. The van der Waals surface area contributed by atoms with Gasteiger partial charge in [-0.2, -0.15) is 0 Å². The summed E-state index contributed by atoms with van der Waals surface area (Å²) in [4.78, 5) is 25.3. The Labute approximate surface area is 195 Å². The molecule has 0 amide bonds. The fourth-order valence-corrected chi connectivity index (χ4v) is 4.98. The van der Waals surface area contributed by atoms with E-state index in [1.807, 2.05) is 12.1 Å². The summed E-state index contributed by atoms with van der Waals surface area (Å²) in [7, 11) is 3.27. The third-order valence-corrected chi connectivity index (χ3v) is 6.27. The van der Waals surface area contributed by atoms with E-state index in [1.54, 1.807) is 27.3 Å². The van der Waals surface area contributed by atoms with Gasteiger partial charge in [0.2, 0.25) is 0 Å². The van der Waals surface area contributed by atoms with Gasteiger partial charge in [0.05, 0.1) is 26.0 Å². The SMILES string of the molecule is CCOC(=O)c1cn2c(cc1=O)-c1cc(OC)c(OCCCOC)cc1C(C)(C)C2C(C)C. The minimum absolute atomic E-state index is 0.00325. The Morgan fingerprint density at radius 2 is 1.85 bits per heavy atom. The van der Waals surface area contributed by atoms with Crippen LogP contribution < -0.4 is 14.9 Å². The topological polar surface area (TPSA) is 76.0 Å². The average Bonchev–Trinajstić information content (AvgIpc) is 2.76. The summed E-state index contributed by atoms with van der Waals surface area (Å²) in [5.41, 5.74) is 2.11. The van der Waals surface area contributed by atoms with Crippen molar-refractivity contribution in [3.8, 4) is 22.8 Å². The lowest BCUT2D eigenvalue weighted by molar-refractivity contribution is 0.0523. The van der Waals surface area contributed by atoms with Crippen LogP contribution in [0.25, 0.3) is 11.3 Å². The predicted octanol–water partition coefficient (Wildman–Crippen LogP) is 4.60. The second-order valence-corrected chi connectivity index (χ2v) is 9.22. The van der Waals surface area contributed by atoms with E-state index in [-0.39, 0.29) is 35.0 Å². The van der Waals surface area contributed by atoms with Crippen molar-refractivity contribution in [1.29, 1.82) is 0 Å². The standard InChI is InChI=1S/C26H35NO6/c1-8-32-25(29)18-15-27-20(14-21(18)28)17-12-22(31-7)23(33-11-9-10-30-6)13-19(17)26(4,5)24(27)16(2)3/h12-16,24H,8-11H2,1-7H3. The molecule has 1 aliphatic heterocycles. The predicted molar refractivity (Wildman–Crippen MR) is 128 cm³/mol.